The van der Waals surface area contributed by atoms with Gasteiger partial charge in [0.2, 0.25) is 0 Å². The van der Waals surface area contributed by atoms with E-state index in [0.29, 0.717) is 38.8 Å². The van der Waals surface area contributed by atoms with Crippen LogP contribution < -0.4 is 4.90 Å². The minimum absolute atomic E-state index is 0.0367. The Labute approximate surface area is 372 Å². The second-order valence-electron chi connectivity index (χ2n) is 20.8. The molecule has 0 spiro atoms. The summed E-state index contributed by atoms with van der Waals surface area (Å²) < 4.78 is 0. The van der Waals surface area contributed by atoms with E-state index in [-0.39, 0.29) is 41.4 Å². The second-order valence-corrected chi connectivity index (χ2v) is 20.8. The quantitative estimate of drug-likeness (QED) is 0.119. The van der Waals surface area contributed by atoms with Gasteiger partial charge in [-0.3, -0.25) is 9.59 Å². The van der Waals surface area contributed by atoms with Crippen molar-refractivity contribution in [2.45, 2.75) is 177 Å². The van der Waals surface area contributed by atoms with E-state index in [1.54, 1.807) is 0 Å². The fraction of sp³-hybridized carbons (Fsp3) is 0.577. The van der Waals surface area contributed by atoms with E-state index in [9.17, 15) is 19.8 Å². The van der Waals surface area contributed by atoms with Crippen LogP contribution in [0, 0.1) is 0 Å². The number of nitrogens with one attached hydrogen (secondary N) is 2. The van der Waals surface area contributed by atoms with E-state index in [0.717, 1.165) is 124 Å². The van der Waals surface area contributed by atoms with E-state index >= 15 is 0 Å². The Balaban J connectivity index is 0.941. The summed E-state index contributed by atoms with van der Waals surface area (Å²) in [6, 6.07) is 22.2. The van der Waals surface area contributed by atoms with Crippen molar-refractivity contribution in [3.8, 4) is 0 Å². The number of anilines is 1. The van der Waals surface area contributed by atoms with Crippen LogP contribution in [0.2, 0.25) is 0 Å². The lowest BCUT2D eigenvalue weighted by atomic mass is 9.87. The smallest absolute Gasteiger partial charge is 0.255 e. The molecule has 2 aromatic heterocycles. The van der Waals surface area contributed by atoms with Crippen LogP contribution in [0.3, 0.4) is 0 Å². The number of benzene rings is 3. The summed E-state index contributed by atoms with van der Waals surface area (Å²) in [6.45, 7) is 8.06. The molecule has 11 heteroatoms. The van der Waals surface area contributed by atoms with Gasteiger partial charge in [0.25, 0.3) is 11.8 Å². The second kappa shape index (κ2) is 16.7. The number of imidazole rings is 2. The molecular weight excluding hydrogens is 787 g/mol. The molecule has 3 saturated heterocycles. The molecule has 2 amide bonds. The third kappa shape index (κ3) is 7.95. The Hall–Kier alpha value is -4.74. The van der Waals surface area contributed by atoms with Gasteiger partial charge in [-0.25, -0.2) is 9.97 Å². The van der Waals surface area contributed by atoms with Crippen LogP contribution in [0.5, 0.6) is 0 Å². The third-order valence-electron chi connectivity index (χ3n) is 15.6. The summed E-state index contributed by atoms with van der Waals surface area (Å²) in [4.78, 5) is 51.7. The molecule has 10 rings (SSSR count). The zero-order valence-electron chi connectivity index (χ0n) is 37.7. The highest BCUT2D eigenvalue weighted by Crippen LogP contribution is 2.48. The average molecular weight is 854 g/mol. The number of carbonyl (C=O) groups excluding carboxylic acids is 2. The number of fused-ring (bicyclic) bond motifs is 2. The van der Waals surface area contributed by atoms with Crippen molar-refractivity contribution in [3.63, 3.8) is 0 Å². The Morgan fingerprint density at radius 3 is 1.41 bits per heavy atom. The zero-order valence-corrected chi connectivity index (χ0v) is 37.7. The average Bonchev–Trinajstić information content (AvgIpc) is 4.12. The first-order chi connectivity index (χ1) is 30.4. The highest BCUT2D eigenvalue weighted by Gasteiger charge is 2.46. The molecule has 2 saturated carbocycles. The number of nitrogens with zero attached hydrogens (tertiary/aromatic N) is 5. The first-order valence-corrected chi connectivity index (χ1v) is 24.3. The lowest BCUT2D eigenvalue weighted by Gasteiger charge is -2.34. The molecule has 3 aromatic carbocycles. The lowest BCUT2D eigenvalue weighted by Crippen LogP contribution is -2.48. The summed E-state index contributed by atoms with van der Waals surface area (Å²) in [5, 5.41) is 23.1. The molecule has 5 aromatic rings. The molecule has 11 nitrogen and oxygen atoms in total. The molecule has 334 valence electrons. The lowest BCUT2D eigenvalue weighted by molar-refractivity contribution is -0.154. The number of hydrogen-bond donors (Lipinski definition) is 4. The van der Waals surface area contributed by atoms with Crippen LogP contribution in [0.15, 0.2) is 60.7 Å². The minimum atomic E-state index is -1.27. The molecule has 3 aliphatic heterocycles. The highest BCUT2D eigenvalue weighted by molar-refractivity contribution is 5.87. The summed E-state index contributed by atoms with van der Waals surface area (Å²) in [5.74, 6) is 1.37. The number of aromatic nitrogens is 4. The number of hydrogen-bond acceptors (Lipinski definition) is 7. The van der Waals surface area contributed by atoms with E-state index in [1.807, 2.05) is 9.80 Å². The fourth-order valence-corrected chi connectivity index (χ4v) is 12.0. The number of likely N-dealkylation sites (tertiary alicyclic amines) is 2. The maximum atomic E-state index is 13.9. The number of carbonyl (C=O) groups is 2. The number of amides is 2. The van der Waals surface area contributed by atoms with Gasteiger partial charge in [-0.2, -0.15) is 0 Å². The van der Waals surface area contributed by atoms with Gasteiger partial charge in [-0.15, -0.1) is 0 Å². The molecule has 2 aliphatic carbocycles. The van der Waals surface area contributed by atoms with Crippen LogP contribution in [0.25, 0.3) is 22.1 Å². The monoisotopic (exact) mass is 854 g/mol. The van der Waals surface area contributed by atoms with Crippen molar-refractivity contribution in [2.75, 3.05) is 18.0 Å². The van der Waals surface area contributed by atoms with Crippen molar-refractivity contribution in [1.82, 2.24) is 29.7 Å². The molecule has 5 aliphatic rings. The molecule has 4 N–H and O–H groups in total. The fourth-order valence-electron chi connectivity index (χ4n) is 12.0. The highest BCUT2D eigenvalue weighted by atomic mass is 16.3. The largest absolute Gasteiger partial charge is 0.380 e. The van der Waals surface area contributed by atoms with Crippen molar-refractivity contribution in [1.29, 1.82) is 0 Å². The van der Waals surface area contributed by atoms with Crippen molar-refractivity contribution >= 4 is 39.6 Å². The maximum absolute atomic E-state index is 13.9. The van der Waals surface area contributed by atoms with Gasteiger partial charge in [-0.1, -0.05) is 96.4 Å². The Kier molecular flexibility index (Phi) is 11.2. The summed E-state index contributed by atoms with van der Waals surface area (Å²) in [5.41, 5.74) is 6.14. The van der Waals surface area contributed by atoms with Gasteiger partial charge in [0, 0.05) is 18.8 Å². The molecule has 5 fully saturated rings. The molecule has 0 radical (unpaired) electrons. The molecule has 4 atom stereocenters. The minimum Gasteiger partial charge on any atom is -0.380 e. The molecular formula is C52H67N7O4. The number of aliphatic hydroxyl groups is 2. The van der Waals surface area contributed by atoms with Gasteiger partial charge in [0.05, 0.1) is 46.2 Å². The number of rotatable bonds is 7. The van der Waals surface area contributed by atoms with Crippen LogP contribution in [0.1, 0.15) is 189 Å². The first kappa shape index (κ1) is 42.2. The van der Waals surface area contributed by atoms with Crippen LogP contribution in [-0.2, 0) is 15.0 Å². The molecule has 63 heavy (non-hydrogen) atoms. The Morgan fingerprint density at radius 2 is 1.00 bits per heavy atom. The maximum Gasteiger partial charge on any atom is 0.255 e. The predicted octanol–water partition coefficient (Wildman–Crippen LogP) is 10.3. The van der Waals surface area contributed by atoms with Crippen molar-refractivity contribution < 1.29 is 19.8 Å². The predicted molar refractivity (Wildman–Crippen MR) is 247 cm³/mol. The number of aromatic amines is 2. The zero-order chi connectivity index (χ0) is 43.5. The van der Waals surface area contributed by atoms with Gasteiger partial charge in [0.1, 0.15) is 22.9 Å². The topological polar surface area (TPSA) is 142 Å². The summed E-state index contributed by atoms with van der Waals surface area (Å²) >= 11 is 0. The van der Waals surface area contributed by atoms with Crippen LogP contribution in [0.4, 0.5) is 5.69 Å². The standard InChI is InChI=1S/C52H67N7O4/c1-50(2,3)36-18-20-37(21-19-36)59-42(34-16-22-38-40(32-34)55-46(53-38)44-14-12-30-57(44)48(60)51(62)26-8-4-5-9-27-51)24-25-43(59)35-17-23-39-41(33-35)56-47(54-39)45-15-13-31-58(45)49(61)52(63)28-10-6-7-11-29-52/h16-23,32-33,42-45,62-63H,4-15,24-31H2,1-3H3,(H,53,55)(H,54,56)/t42-,43-,44+,45+/m1/s1. The van der Waals surface area contributed by atoms with Gasteiger partial charge in [0.15, 0.2) is 0 Å². The summed E-state index contributed by atoms with van der Waals surface area (Å²) in [7, 11) is 0. The number of H-pyrrole nitrogens is 2. The van der Waals surface area contributed by atoms with E-state index in [4.69, 9.17) is 9.97 Å². The van der Waals surface area contributed by atoms with Crippen LogP contribution in [-0.4, -0.2) is 76.1 Å². The molecule has 5 heterocycles. The summed E-state index contributed by atoms with van der Waals surface area (Å²) in [6.07, 6.45) is 15.4. The Bertz CT molecular complexity index is 2310. The SMILES string of the molecule is CC(C)(C)c1ccc(N2[C@@H](c3ccc4nc([C@@H]5CCCN5C(=O)C5(O)CCCCCC5)[nH]c4c3)CC[C@@H]2c2ccc3nc([C@@H]4CCCN4C(=O)C4(O)CCCCCC4)[nH]c3c2)cc1. The van der Waals surface area contributed by atoms with E-state index in [2.05, 4.69) is 96.3 Å². The van der Waals surface area contributed by atoms with Crippen molar-refractivity contribution in [3.05, 3.63) is 89.0 Å². The van der Waals surface area contributed by atoms with E-state index in [1.165, 1.54) is 22.4 Å². The van der Waals surface area contributed by atoms with E-state index < -0.39 is 11.2 Å². The van der Waals surface area contributed by atoms with Gasteiger partial charge >= 0.3 is 0 Å². The van der Waals surface area contributed by atoms with Gasteiger partial charge < -0.3 is 34.9 Å². The third-order valence-corrected chi connectivity index (χ3v) is 15.6. The van der Waals surface area contributed by atoms with Gasteiger partial charge in [-0.05, 0) is 123 Å². The molecule has 0 unspecified atom stereocenters. The van der Waals surface area contributed by atoms with Crippen LogP contribution >= 0.6 is 0 Å². The van der Waals surface area contributed by atoms with Crippen molar-refractivity contribution in [2.24, 2.45) is 0 Å². The normalized spacial score (nSPS) is 25.5. The molecule has 0 bridgehead atoms. The first-order valence-electron chi connectivity index (χ1n) is 24.3. The Morgan fingerprint density at radius 1 is 0.571 bits per heavy atom.